The molecule has 0 aliphatic heterocycles. The molecule has 24 heavy (non-hydrogen) atoms. The van der Waals surface area contributed by atoms with Gasteiger partial charge in [0.2, 0.25) is 0 Å². The zero-order valence-electron chi connectivity index (χ0n) is 13.1. The van der Waals surface area contributed by atoms with Crippen LogP contribution in [-0.4, -0.2) is 40.6 Å². The number of hydrogen-bond donors (Lipinski definition) is 1. The van der Waals surface area contributed by atoms with Crippen LogP contribution in [0.4, 0.5) is 4.39 Å². The molecular formula is C18H19FN2O3. The Bertz CT molecular complexity index is 773. The molecule has 1 atom stereocenters. The summed E-state index contributed by atoms with van der Waals surface area (Å²) in [4.78, 5) is 4.29. The summed E-state index contributed by atoms with van der Waals surface area (Å²) in [5, 5.41) is 10.1. The van der Waals surface area contributed by atoms with E-state index in [2.05, 4.69) is 4.98 Å². The van der Waals surface area contributed by atoms with Crippen molar-refractivity contribution in [2.45, 2.75) is 12.6 Å². The van der Waals surface area contributed by atoms with Crippen LogP contribution in [0.15, 0.2) is 54.9 Å². The summed E-state index contributed by atoms with van der Waals surface area (Å²) in [5.41, 5.74) is 1.88. The van der Waals surface area contributed by atoms with Gasteiger partial charge in [0.1, 0.15) is 18.2 Å². The molecule has 0 saturated carbocycles. The standard InChI is InChI=1S/C18H19FN2O3/c19-14-5-7-16(8-6-14)24-10-9-23-12-15(22)11-21-13-20-17-3-1-2-4-18(17)21/h1-8,13,15,22H,9-12H2. The molecular weight excluding hydrogens is 311 g/mol. The topological polar surface area (TPSA) is 56.5 Å². The quantitative estimate of drug-likeness (QED) is 0.645. The molecule has 1 aromatic heterocycles. The van der Waals surface area contributed by atoms with Crippen molar-refractivity contribution in [2.75, 3.05) is 19.8 Å². The van der Waals surface area contributed by atoms with Crippen LogP contribution in [0.2, 0.25) is 0 Å². The zero-order chi connectivity index (χ0) is 16.8. The molecule has 0 aliphatic carbocycles. The summed E-state index contributed by atoms with van der Waals surface area (Å²) >= 11 is 0. The second-order valence-corrected chi connectivity index (χ2v) is 5.42. The largest absolute Gasteiger partial charge is 0.491 e. The summed E-state index contributed by atoms with van der Waals surface area (Å²) in [6, 6.07) is 13.6. The van der Waals surface area contributed by atoms with Gasteiger partial charge >= 0.3 is 0 Å². The van der Waals surface area contributed by atoms with Gasteiger partial charge in [-0.2, -0.15) is 0 Å². The van der Waals surface area contributed by atoms with E-state index in [0.717, 1.165) is 11.0 Å². The molecule has 0 bridgehead atoms. The highest BCUT2D eigenvalue weighted by Gasteiger charge is 2.08. The SMILES string of the molecule is OC(COCCOc1ccc(F)cc1)Cn1cnc2ccccc21. The first kappa shape index (κ1) is 16.4. The number of imidazole rings is 1. The van der Waals surface area contributed by atoms with E-state index in [1.165, 1.54) is 12.1 Å². The Hall–Kier alpha value is -2.44. The molecule has 0 aliphatic rings. The smallest absolute Gasteiger partial charge is 0.123 e. The molecule has 126 valence electrons. The van der Waals surface area contributed by atoms with Crippen molar-refractivity contribution in [1.29, 1.82) is 0 Å². The van der Waals surface area contributed by atoms with Gasteiger partial charge < -0.3 is 19.1 Å². The number of aliphatic hydroxyl groups is 1. The number of aliphatic hydroxyl groups excluding tert-OH is 1. The zero-order valence-corrected chi connectivity index (χ0v) is 13.1. The minimum Gasteiger partial charge on any atom is -0.491 e. The maximum atomic E-state index is 12.8. The highest BCUT2D eigenvalue weighted by atomic mass is 19.1. The van der Waals surface area contributed by atoms with Gasteiger partial charge in [0.15, 0.2) is 0 Å². The Morgan fingerprint density at radius 1 is 1.08 bits per heavy atom. The minimum atomic E-state index is -0.631. The summed E-state index contributed by atoms with van der Waals surface area (Å²) < 4.78 is 25.5. The van der Waals surface area contributed by atoms with Gasteiger partial charge in [-0.3, -0.25) is 0 Å². The normalized spacial score (nSPS) is 12.4. The van der Waals surface area contributed by atoms with Gasteiger partial charge in [-0.1, -0.05) is 12.1 Å². The highest BCUT2D eigenvalue weighted by molar-refractivity contribution is 5.74. The fraction of sp³-hybridized carbons (Fsp3) is 0.278. The van der Waals surface area contributed by atoms with Crippen LogP contribution in [0.5, 0.6) is 5.75 Å². The summed E-state index contributed by atoms with van der Waals surface area (Å²) in [6.45, 7) is 1.31. The third kappa shape index (κ3) is 4.31. The first-order valence-electron chi connectivity index (χ1n) is 7.76. The number of aromatic nitrogens is 2. The number of rotatable bonds is 8. The number of benzene rings is 2. The van der Waals surface area contributed by atoms with Crippen LogP contribution in [0.25, 0.3) is 11.0 Å². The van der Waals surface area contributed by atoms with E-state index in [0.29, 0.717) is 25.5 Å². The summed E-state index contributed by atoms with van der Waals surface area (Å²) in [5.74, 6) is 0.291. The third-order valence-corrected chi connectivity index (χ3v) is 3.56. The van der Waals surface area contributed by atoms with Crippen LogP contribution in [0.1, 0.15) is 0 Å². The van der Waals surface area contributed by atoms with Gasteiger partial charge in [-0.05, 0) is 36.4 Å². The van der Waals surface area contributed by atoms with Crippen molar-refractivity contribution in [3.63, 3.8) is 0 Å². The number of halogens is 1. The maximum absolute atomic E-state index is 12.8. The summed E-state index contributed by atoms with van der Waals surface area (Å²) in [6.07, 6.45) is 1.08. The lowest BCUT2D eigenvalue weighted by atomic mass is 10.3. The van der Waals surface area contributed by atoms with Crippen molar-refractivity contribution in [1.82, 2.24) is 9.55 Å². The average Bonchev–Trinajstić information content (AvgIpc) is 2.99. The van der Waals surface area contributed by atoms with Crippen LogP contribution < -0.4 is 4.74 Å². The first-order chi connectivity index (χ1) is 11.7. The van der Waals surface area contributed by atoms with Gasteiger partial charge in [-0.15, -0.1) is 0 Å². The summed E-state index contributed by atoms with van der Waals surface area (Å²) in [7, 11) is 0. The number of fused-ring (bicyclic) bond motifs is 1. The van der Waals surface area contributed by atoms with Crippen molar-refractivity contribution < 1.29 is 19.0 Å². The van der Waals surface area contributed by atoms with Crippen molar-refractivity contribution in [2.24, 2.45) is 0 Å². The number of hydrogen-bond acceptors (Lipinski definition) is 4. The molecule has 5 nitrogen and oxygen atoms in total. The second-order valence-electron chi connectivity index (χ2n) is 5.42. The molecule has 3 rings (SSSR count). The molecule has 1 unspecified atom stereocenters. The van der Waals surface area contributed by atoms with Crippen LogP contribution in [0, 0.1) is 5.82 Å². The molecule has 0 spiro atoms. The predicted octanol–water partition coefficient (Wildman–Crippen LogP) is 2.63. The maximum Gasteiger partial charge on any atom is 0.123 e. The third-order valence-electron chi connectivity index (χ3n) is 3.56. The molecule has 0 fully saturated rings. The van der Waals surface area contributed by atoms with Crippen molar-refractivity contribution in [3.8, 4) is 5.75 Å². The number of para-hydroxylation sites is 2. The molecule has 3 aromatic rings. The highest BCUT2D eigenvalue weighted by Crippen LogP contribution is 2.12. The molecule has 0 radical (unpaired) electrons. The van der Waals surface area contributed by atoms with Crippen molar-refractivity contribution >= 4 is 11.0 Å². The Kier molecular flexibility index (Phi) is 5.40. The molecule has 0 amide bonds. The lowest BCUT2D eigenvalue weighted by Crippen LogP contribution is -2.23. The number of nitrogens with zero attached hydrogens (tertiary/aromatic N) is 2. The van der Waals surface area contributed by atoms with E-state index in [1.807, 2.05) is 28.8 Å². The van der Waals surface area contributed by atoms with Gasteiger partial charge in [0.05, 0.1) is 43.2 Å². The van der Waals surface area contributed by atoms with Gasteiger partial charge in [-0.25, -0.2) is 9.37 Å². The van der Waals surface area contributed by atoms with Gasteiger partial charge in [0, 0.05) is 0 Å². The van der Waals surface area contributed by atoms with E-state index >= 15 is 0 Å². The molecule has 0 saturated heterocycles. The lowest BCUT2D eigenvalue weighted by Gasteiger charge is -2.13. The van der Waals surface area contributed by atoms with E-state index < -0.39 is 6.10 Å². The monoisotopic (exact) mass is 330 g/mol. The Balaban J connectivity index is 1.38. The second kappa shape index (κ2) is 7.90. The van der Waals surface area contributed by atoms with Crippen molar-refractivity contribution in [3.05, 3.63) is 60.7 Å². The van der Waals surface area contributed by atoms with E-state index in [-0.39, 0.29) is 12.4 Å². The fourth-order valence-electron chi connectivity index (χ4n) is 2.40. The minimum absolute atomic E-state index is 0.208. The van der Waals surface area contributed by atoms with E-state index in [1.54, 1.807) is 18.5 Å². The Morgan fingerprint density at radius 2 is 1.88 bits per heavy atom. The van der Waals surface area contributed by atoms with Gasteiger partial charge in [0.25, 0.3) is 0 Å². The average molecular weight is 330 g/mol. The molecule has 1 heterocycles. The first-order valence-corrected chi connectivity index (χ1v) is 7.76. The van der Waals surface area contributed by atoms with Crippen LogP contribution in [-0.2, 0) is 11.3 Å². The lowest BCUT2D eigenvalue weighted by molar-refractivity contribution is 0.0178. The van der Waals surface area contributed by atoms with Crippen LogP contribution in [0.3, 0.4) is 0 Å². The van der Waals surface area contributed by atoms with E-state index in [4.69, 9.17) is 9.47 Å². The fourth-order valence-corrected chi connectivity index (χ4v) is 2.40. The molecule has 6 heteroatoms. The Morgan fingerprint density at radius 3 is 2.71 bits per heavy atom. The predicted molar refractivity (Wildman–Crippen MR) is 88.5 cm³/mol. The molecule has 2 aromatic carbocycles. The Labute approximate surface area is 139 Å². The van der Waals surface area contributed by atoms with E-state index in [9.17, 15) is 9.50 Å². The molecule has 1 N–H and O–H groups in total. The van der Waals surface area contributed by atoms with Crippen LogP contribution >= 0.6 is 0 Å². The number of ether oxygens (including phenoxy) is 2.